The molecule has 1 atom stereocenters. The molecule has 0 radical (unpaired) electrons. The van der Waals surface area contributed by atoms with Crippen LogP contribution in [0.3, 0.4) is 0 Å². The van der Waals surface area contributed by atoms with Crippen LogP contribution in [-0.4, -0.2) is 36.9 Å². The highest BCUT2D eigenvalue weighted by Gasteiger charge is 2.21. The standard InChI is InChI=1S/C26H31N7.ClH/c27-16-20(19-4-2-1-3-5-19)15-25-30-11-10-22(32-25)24-17-31-26-23(29-12-13-33(24)26)14-18-6-8-21(28)9-7-18;/h1-5,10-13,17-18,20-21H,6-9,14-16,27-28H2;1H. The highest BCUT2D eigenvalue weighted by atomic mass is 35.5. The van der Waals surface area contributed by atoms with E-state index >= 15 is 0 Å². The van der Waals surface area contributed by atoms with Crippen molar-refractivity contribution >= 4 is 18.1 Å². The number of hydrogen-bond donors (Lipinski definition) is 2. The zero-order valence-corrected chi connectivity index (χ0v) is 20.1. The summed E-state index contributed by atoms with van der Waals surface area (Å²) < 4.78 is 2.10. The van der Waals surface area contributed by atoms with Gasteiger partial charge in [0.05, 0.1) is 23.3 Å². The Bertz CT molecular complexity index is 1200. The number of fused-ring (bicyclic) bond motifs is 1. The topological polar surface area (TPSA) is 108 Å². The Morgan fingerprint density at radius 1 is 0.971 bits per heavy atom. The van der Waals surface area contributed by atoms with Crippen LogP contribution in [0.4, 0.5) is 0 Å². The minimum absolute atomic E-state index is 0. The lowest BCUT2D eigenvalue weighted by Crippen LogP contribution is -2.27. The molecule has 0 bridgehead atoms. The van der Waals surface area contributed by atoms with E-state index in [0.29, 0.717) is 24.9 Å². The SMILES string of the molecule is Cl.NCC(Cc1nccc(-c2cnc3c(CC4CCC(N)CC4)nccn23)n1)c1ccccc1. The van der Waals surface area contributed by atoms with Crippen LogP contribution in [0.15, 0.2) is 61.2 Å². The van der Waals surface area contributed by atoms with Gasteiger partial charge < -0.3 is 11.5 Å². The molecule has 0 saturated heterocycles. The van der Waals surface area contributed by atoms with Gasteiger partial charge in [0.2, 0.25) is 0 Å². The third kappa shape index (κ3) is 5.27. The molecule has 4 N–H and O–H groups in total. The summed E-state index contributed by atoms with van der Waals surface area (Å²) in [7, 11) is 0. The van der Waals surface area contributed by atoms with Gasteiger partial charge in [-0.1, -0.05) is 30.3 Å². The van der Waals surface area contributed by atoms with Gasteiger partial charge in [-0.15, -0.1) is 12.4 Å². The summed E-state index contributed by atoms with van der Waals surface area (Å²) in [6, 6.07) is 12.6. The van der Waals surface area contributed by atoms with Gasteiger partial charge in [-0.2, -0.15) is 0 Å². The van der Waals surface area contributed by atoms with Crippen LogP contribution in [0.25, 0.3) is 17.0 Å². The summed E-state index contributed by atoms with van der Waals surface area (Å²) in [6.45, 7) is 0.550. The Labute approximate surface area is 206 Å². The molecule has 4 aromatic rings. The Balaban J connectivity index is 0.00000274. The summed E-state index contributed by atoms with van der Waals surface area (Å²) in [4.78, 5) is 18.8. The van der Waals surface area contributed by atoms with E-state index in [9.17, 15) is 0 Å². The summed E-state index contributed by atoms with van der Waals surface area (Å²) in [5, 5.41) is 0. The molecular formula is C26H32ClN7. The molecule has 1 aliphatic carbocycles. The van der Waals surface area contributed by atoms with Crippen LogP contribution in [0.1, 0.15) is 48.7 Å². The normalized spacial score (nSPS) is 19.0. The maximum absolute atomic E-state index is 6.08. The first-order valence-corrected chi connectivity index (χ1v) is 11.8. The highest BCUT2D eigenvalue weighted by molar-refractivity contribution is 5.85. The fourth-order valence-corrected chi connectivity index (χ4v) is 4.90. The van der Waals surface area contributed by atoms with Gasteiger partial charge in [0, 0.05) is 37.0 Å². The summed E-state index contributed by atoms with van der Waals surface area (Å²) in [5.41, 5.74) is 17.1. The first-order valence-electron chi connectivity index (χ1n) is 11.8. The molecule has 0 aliphatic heterocycles. The quantitative estimate of drug-likeness (QED) is 0.417. The molecule has 3 aromatic heterocycles. The second kappa shape index (κ2) is 11.0. The van der Waals surface area contributed by atoms with E-state index in [1.807, 2.05) is 49.1 Å². The molecule has 178 valence electrons. The second-order valence-electron chi connectivity index (χ2n) is 9.10. The molecule has 1 aromatic carbocycles. The highest BCUT2D eigenvalue weighted by Crippen LogP contribution is 2.28. The van der Waals surface area contributed by atoms with Crippen molar-refractivity contribution in [1.82, 2.24) is 24.3 Å². The minimum Gasteiger partial charge on any atom is -0.330 e. The van der Waals surface area contributed by atoms with Crippen LogP contribution in [0, 0.1) is 5.92 Å². The average Bonchev–Trinajstić information content (AvgIpc) is 3.30. The van der Waals surface area contributed by atoms with Crippen molar-refractivity contribution in [1.29, 1.82) is 0 Å². The van der Waals surface area contributed by atoms with E-state index in [1.54, 1.807) is 0 Å². The molecule has 5 rings (SSSR count). The Hall–Kier alpha value is -2.87. The zero-order valence-electron chi connectivity index (χ0n) is 19.3. The van der Waals surface area contributed by atoms with Gasteiger partial charge >= 0.3 is 0 Å². The van der Waals surface area contributed by atoms with Crippen molar-refractivity contribution < 1.29 is 0 Å². The van der Waals surface area contributed by atoms with Crippen molar-refractivity contribution in [2.24, 2.45) is 17.4 Å². The lowest BCUT2D eigenvalue weighted by atomic mass is 9.84. The van der Waals surface area contributed by atoms with Crippen LogP contribution >= 0.6 is 12.4 Å². The number of hydrogen-bond acceptors (Lipinski definition) is 6. The molecule has 1 unspecified atom stereocenters. The van der Waals surface area contributed by atoms with Gasteiger partial charge in [-0.05, 0) is 56.2 Å². The van der Waals surface area contributed by atoms with E-state index in [1.165, 1.54) is 5.56 Å². The smallest absolute Gasteiger partial charge is 0.159 e. The first kappa shape index (κ1) is 24.3. The van der Waals surface area contributed by atoms with Crippen molar-refractivity contribution in [2.45, 2.75) is 50.5 Å². The van der Waals surface area contributed by atoms with Crippen molar-refractivity contribution in [3.63, 3.8) is 0 Å². The van der Waals surface area contributed by atoms with Crippen LogP contribution in [0.2, 0.25) is 0 Å². The molecule has 7 nitrogen and oxygen atoms in total. The van der Waals surface area contributed by atoms with Gasteiger partial charge in [-0.3, -0.25) is 9.38 Å². The third-order valence-corrected chi connectivity index (χ3v) is 6.83. The molecular weight excluding hydrogens is 446 g/mol. The molecule has 0 spiro atoms. The number of benzene rings is 1. The molecule has 1 fully saturated rings. The Kier molecular flexibility index (Phi) is 7.88. The fraction of sp³-hybridized carbons (Fsp3) is 0.385. The van der Waals surface area contributed by atoms with E-state index in [4.69, 9.17) is 21.4 Å². The monoisotopic (exact) mass is 477 g/mol. The van der Waals surface area contributed by atoms with E-state index in [-0.39, 0.29) is 18.3 Å². The molecule has 0 amide bonds. The summed E-state index contributed by atoms with van der Waals surface area (Å²) >= 11 is 0. The van der Waals surface area contributed by atoms with E-state index in [0.717, 1.165) is 60.7 Å². The van der Waals surface area contributed by atoms with Gasteiger partial charge in [-0.25, -0.2) is 15.0 Å². The molecule has 1 aliphatic rings. The lowest BCUT2D eigenvalue weighted by Gasteiger charge is -2.25. The van der Waals surface area contributed by atoms with Crippen LogP contribution in [-0.2, 0) is 12.8 Å². The number of halogens is 1. The lowest BCUT2D eigenvalue weighted by molar-refractivity contribution is 0.323. The first-order chi connectivity index (χ1) is 16.2. The van der Waals surface area contributed by atoms with Crippen molar-refractivity contribution in [2.75, 3.05) is 6.54 Å². The predicted molar refractivity (Wildman–Crippen MR) is 137 cm³/mol. The second-order valence-corrected chi connectivity index (χ2v) is 9.10. The summed E-state index contributed by atoms with van der Waals surface area (Å²) in [6.07, 6.45) is 13.7. The zero-order chi connectivity index (χ0) is 22.6. The molecule has 34 heavy (non-hydrogen) atoms. The van der Waals surface area contributed by atoms with Gasteiger partial charge in [0.1, 0.15) is 5.82 Å². The Morgan fingerprint density at radius 3 is 2.53 bits per heavy atom. The molecule has 1 saturated carbocycles. The number of imidazole rings is 1. The largest absolute Gasteiger partial charge is 0.330 e. The Morgan fingerprint density at radius 2 is 1.76 bits per heavy atom. The molecule has 3 heterocycles. The summed E-state index contributed by atoms with van der Waals surface area (Å²) in [5.74, 6) is 1.60. The number of nitrogens with two attached hydrogens (primary N) is 2. The van der Waals surface area contributed by atoms with Crippen molar-refractivity contribution in [3.8, 4) is 11.4 Å². The number of nitrogens with zero attached hydrogens (tertiary/aromatic N) is 5. The minimum atomic E-state index is 0. The van der Waals surface area contributed by atoms with Crippen LogP contribution < -0.4 is 11.5 Å². The molecule has 8 heteroatoms. The van der Waals surface area contributed by atoms with E-state index < -0.39 is 0 Å². The average molecular weight is 478 g/mol. The van der Waals surface area contributed by atoms with E-state index in [2.05, 4.69) is 26.5 Å². The maximum atomic E-state index is 6.08. The number of aromatic nitrogens is 5. The van der Waals surface area contributed by atoms with Crippen LogP contribution in [0.5, 0.6) is 0 Å². The fourth-order valence-electron chi connectivity index (χ4n) is 4.90. The maximum Gasteiger partial charge on any atom is 0.159 e. The van der Waals surface area contributed by atoms with Crippen molar-refractivity contribution in [3.05, 3.63) is 78.3 Å². The van der Waals surface area contributed by atoms with Gasteiger partial charge in [0.25, 0.3) is 0 Å². The third-order valence-electron chi connectivity index (χ3n) is 6.83. The van der Waals surface area contributed by atoms with Gasteiger partial charge in [0.15, 0.2) is 5.65 Å². The predicted octanol–water partition coefficient (Wildman–Crippen LogP) is 3.95. The number of rotatable bonds is 7.